The molecule has 25 heavy (non-hydrogen) atoms. The van der Waals surface area contributed by atoms with Gasteiger partial charge < -0.3 is 10.6 Å². The lowest BCUT2D eigenvalue weighted by molar-refractivity contribution is -0.132. The van der Waals surface area contributed by atoms with E-state index in [1.807, 2.05) is 44.6 Å². The molecule has 5 nitrogen and oxygen atoms in total. The van der Waals surface area contributed by atoms with Crippen molar-refractivity contribution < 1.29 is 4.79 Å². The molecule has 0 radical (unpaired) electrons. The zero-order valence-corrected chi connectivity index (χ0v) is 16.6. The monoisotopic (exact) mass is 364 g/mol. The first-order valence-electron chi connectivity index (χ1n) is 8.48. The number of carbonyl (C=O) groups excluding carboxylic acids is 1. The highest BCUT2D eigenvalue weighted by atomic mass is 35.5. The SMILES string of the molecule is CCCC(N)C(=O)N(C)Cc1c(C)nn(-c2ccccc2C)c1C.Cl. The molecule has 1 heterocycles. The Labute approximate surface area is 156 Å². The van der Waals surface area contributed by atoms with Crippen LogP contribution in [0, 0.1) is 20.8 Å². The summed E-state index contributed by atoms with van der Waals surface area (Å²) in [4.78, 5) is 14.1. The molecule has 6 heteroatoms. The summed E-state index contributed by atoms with van der Waals surface area (Å²) in [6.45, 7) is 8.67. The van der Waals surface area contributed by atoms with Gasteiger partial charge in [-0.15, -0.1) is 12.4 Å². The van der Waals surface area contributed by atoms with Crippen LogP contribution in [0.3, 0.4) is 0 Å². The number of amides is 1. The highest BCUT2D eigenvalue weighted by molar-refractivity contribution is 5.85. The van der Waals surface area contributed by atoms with Crippen LogP contribution in [0.25, 0.3) is 5.69 Å². The maximum Gasteiger partial charge on any atom is 0.239 e. The topological polar surface area (TPSA) is 64.2 Å². The first-order valence-corrected chi connectivity index (χ1v) is 8.48. The lowest BCUT2D eigenvalue weighted by Gasteiger charge is -2.21. The molecule has 0 saturated heterocycles. The van der Waals surface area contributed by atoms with Crippen molar-refractivity contribution in [1.29, 1.82) is 0 Å². The van der Waals surface area contributed by atoms with Gasteiger partial charge in [0.25, 0.3) is 0 Å². The van der Waals surface area contributed by atoms with E-state index in [0.29, 0.717) is 13.0 Å². The van der Waals surface area contributed by atoms with Crippen LogP contribution in [0.2, 0.25) is 0 Å². The lowest BCUT2D eigenvalue weighted by atomic mass is 10.1. The highest BCUT2D eigenvalue weighted by Crippen LogP contribution is 2.21. The fraction of sp³-hybridized carbons (Fsp3) is 0.474. The number of para-hydroxylation sites is 1. The third-order valence-electron chi connectivity index (χ3n) is 4.47. The van der Waals surface area contributed by atoms with Gasteiger partial charge in [0.2, 0.25) is 5.91 Å². The molecule has 1 unspecified atom stereocenters. The minimum absolute atomic E-state index is 0. The number of rotatable bonds is 6. The number of aromatic nitrogens is 2. The first-order chi connectivity index (χ1) is 11.4. The van der Waals surface area contributed by atoms with Gasteiger partial charge in [-0.3, -0.25) is 4.79 Å². The molecule has 1 aromatic carbocycles. The Balaban J connectivity index is 0.00000312. The molecule has 2 aromatic rings. The summed E-state index contributed by atoms with van der Waals surface area (Å²) in [5.41, 5.74) is 11.3. The fourth-order valence-corrected chi connectivity index (χ4v) is 2.97. The van der Waals surface area contributed by atoms with Gasteiger partial charge in [0.05, 0.1) is 17.4 Å². The van der Waals surface area contributed by atoms with Crippen LogP contribution < -0.4 is 5.73 Å². The molecule has 2 N–H and O–H groups in total. The number of halogens is 1. The number of benzene rings is 1. The second-order valence-corrected chi connectivity index (χ2v) is 6.44. The summed E-state index contributed by atoms with van der Waals surface area (Å²) < 4.78 is 1.96. The minimum Gasteiger partial charge on any atom is -0.340 e. The molecular weight excluding hydrogens is 336 g/mol. The molecule has 0 aliphatic carbocycles. The number of likely N-dealkylation sites (N-methyl/N-ethyl adjacent to an activating group) is 1. The van der Waals surface area contributed by atoms with E-state index >= 15 is 0 Å². The Morgan fingerprint density at radius 3 is 2.52 bits per heavy atom. The van der Waals surface area contributed by atoms with Crippen molar-refractivity contribution in [1.82, 2.24) is 14.7 Å². The fourth-order valence-electron chi connectivity index (χ4n) is 2.97. The van der Waals surface area contributed by atoms with Crippen LogP contribution in [0.15, 0.2) is 24.3 Å². The molecule has 1 aromatic heterocycles. The zero-order valence-electron chi connectivity index (χ0n) is 15.7. The molecule has 0 spiro atoms. The van der Waals surface area contributed by atoms with E-state index in [2.05, 4.69) is 24.2 Å². The van der Waals surface area contributed by atoms with Crippen molar-refractivity contribution in [2.75, 3.05) is 7.05 Å². The summed E-state index contributed by atoms with van der Waals surface area (Å²) in [6.07, 6.45) is 1.62. The van der Waals surface area contributed by atoms with Crippen LogP contribution >= 0.6 is 12.4 Å². The van der Waals surface area contributed by atoms with E-state index in [1.165, 1.54) is 5.56 Å². The van der Waals surface area contributed by atoms with E-state index in [0.717, 1.165) is 29.1 Å². The largest absolute Gasteiger partial charge is 0.340 e. The Morgan fingerprint density at radius 2 is 1.92 bits per heavy atom. The van der Waals surface area contributed by atoms with Crippen molar-refractivity contribution in [3.05, 3.63) is 46.8 Å². The smallest absolute Gasteiger partial charge is 0.239 e. The Morgan fingerprint density at radius 1 is 1.28 bits per heavy atom. The standard InChI is InChI=1S/C19H28N4O.ClH/c1-6-9-17(20)19(24)22(5)12-16-14(3)21-23(15(16)4)18-11-8-7-10-13(18)2;/h7-8,10-11,17H,6,9,12,20H2,1-5H3;1H. The number of aryl methyl sites for hydroxylation is 2. The molecular formula is C19H29ClN4O. The first kappa shape index (κ1) is 21.2. The number of nitrogens with two attached hydrogens (primary N) is 1. The molecule has 2 rings (SSSR count). The average molecular weight is 365 g/mol. The molecule has 1 atom stereocenters. The van der Waals surface area contributed by atoms with E-state index in [-0.39, 0.29) is 18.3 Å². The Hall–Kier alpha value is -1.85. The maximum absolute atomic E-state index is 12.4. The highest BCUT2D eigenvalue weighted by Gasteiger charge is 2.21. The van der Waals surface area contributed by atoms with Crippen molar-refractivity contribution in [2.24, 2.45) is 5.73 Å². The summed E-state index contributed by atoms with van der Waals surface area (Å²) in [6, 6.07) is 7.74. The van der Waals surface area contributed by atoms with Gasteiger partial charge in [0, 0.05) is 24.8 Å². The van der Waals surface area contributed by atoms with E-state index in [9.17, 15) is 4.79 Å². The van der Waals surface area contributed by atoms with Crippen LogP contribution in [0.4, 0.5) is 0 Å². The van der Waals surface area contributed by atoms with Gasteiger partial charge in [0.15, 0.2) is 0 Å². The second-order valence-electron chi connectivity index (χ2n) is 6.44. The number of nitrogens with zero attached hydrogens (tertiary/aromatic N) is 3. The van der Waals surface area contributed by atoms with Gasteiger partial charge in [-0.2, -0.15) is 5.10 Å². The van der Waals surface area contributed by atoms with Crippen LogP contribution in [0.1, 0.15) is 42.3 Å². The van der Waals surface area contributed by atoms with Crippen molar-refractivity contribution in [3.8, 4) is 5.69 Å². The van der Waals surface area contributed by atoms with Gasteiger partial charge in [0.1, 0.15) is 0 Å². The quantitative estimate of drug-likeness (QED) is 0.855. The summed E-state index contributed by atoms with van der Waals surface area (Å²) in [5, 5.41) is 4.68. The van der Waals surface area contributed by atoms with Crippen LogP contribution in [0.5, 0.6) is 0 Å². The molecule has 0 bridgehead atoms. The number of hydrogen-bond acceptors (Lipinski definition) is 3. The normalized spacial score (nSPS) is 11.8. The zero-order chi connectivity index (χ0) is 17.9. The summed E-state index contributed by atoms with van der Waals surface area (Å²) >= 11 is 0. The summed E-state index contributed by atoms with van der Waals surface area (Å²) in [7, 11) is 1.81. The second kappa shape index (κ2) is 9.02. The summed E-state index contributed by atoms with van der Waals surface area (Å²) in [5.74, 6) is -0.0145. The van der Waals surface area contributed by atoms with Crippen LogP contribution in [-0.2, 0) is 11.3 Å². The van der Waals surface area contributed by atoms with Gasteiger partial charge in [-0.05, 0) is 38.8 Å². The van der Waals surface area contributed by atoms with Crippen molar-refractivity contribution in [3.63, 3.8) is 0 Å². The molecule has 0 aliphatic rings. The third-order valence-corrected chi connectivity index (χ3v) is 4.47. The van der Waals surface area contributed by atoms with E-state index in [1.54, 1.807) is 4.90 Å². The molecule has 0 fully saturated rings. The average Bonchev–Trinajstić information content (AvgIpc) is 2.82. The van der Waals surface area contributed by atoms with Gasteiger partial charge >= 0.3 is 0 Å². The molecule has 138 valence electrons. The number of carbonyl (C=O) groups is 1. The Bertz CT molecular complexity index is 726. The van der Waals surface area contributed by atoms with E-state index < -0.39 is 6.04 Å². The molecule has 1 amide bonds. The van der Waals surface area contributed by atoms with Gasteiger partial charge in [-0.25, -0.2) is 4.68 Å². The third kappa shape index (κ3) is 4.61. The molecule has 0 aliphatic heterocycles. The van der Waals surface area contributed by atoms with Crippen molar-refractivity contribution >= 4 is 18.3 Å². The lowest BCUT2D eigenvalue weighted by Crippen LogP contribution is -2.41. The number of hydrogen-bond donors (Lipinski definition) is 1. The maximum atomic E-state index is 12.4. The van der Waals surface area contributed by atoms with Crippen LogP contribution in [-0.4, -0.2) is 33.7 Å². The minimum atomic E-state index is -0.424. The molecule has 0 saturated carbocycles. The van der Waals surface area contributed by atoms with Gasteiger partial charge in [-0.1, -0.05) is 31.5 Å². The van der Waals surface area contributed by atoms with E-state index in [4.69, 9.17) is 5.73 Å². The predicted molar refractivity (Wildman–Crippen MR) is 104 cm³/mol. The predicted octanol–water partition coefficient (Wildman–Crippen LogP) is 3.31. The van der Waals surface area contributed by atoms with Crippen molar-refractivity contribution in [2.45, 2.75) is 53.1 Å². The Kier molecular flexibility index (Phi) is 7.64.